The number of benzene rings is 1. The Kier molecular flexibility index (Phi) is 6.38. The third kappa shape index (κ3) is 5.01. The molecule has 0 spiro atoms. The number of ether oxygens (including phenoxy) is 1. The second kappa shape index (κ2) is 7.35. The minimum atomic E-state index is -3.78. The third-order valence-corrected chi connectivity index (χ3v) is 4.46. The van der Waals surface area contributed by atoms with Gasteiger partial charge in [-0.25, -0.2) is 17.5 Å². The Balaban J connectivity index is 2.68. The lowest BCUT2D eigenvalue weighted by molar-refractivity contribution is 0.114. The van der Waals surface area contributed by atoms with Crippen LogP contribution < -0.4 is 10.5 Å². The predicted molar refractivity (Wildman–Crippen MR) is 79.4 cm³/mol. The highest BCUT2D eigenvalue weighted by Gasteiger charge is 2.19. The van der Waals surface area contributed by atoms with E-state index >= 15 is 0 Å². The monoisotopic (exact) mass is 368 g/mol. The molecular formula is C12H18BrFN2O3S. The number of anilines is 1. The normalized spacial score (nSPS) is 12.1. The minimum absolute atomic E-state index is 0.0446. The molecule has 0 aliphatic rings. The van der Waals surface area contributed by atoms with Crippen LogP contribution in [0.15, 0.2) is 21.5 Å². The molecule has 0 atom stereocenters. The van der Waals surface area contributed by atoms with Gasteiger partial charge < -0.3 is 10.5 Å². The zero-order valence-electron chi connectivity index (χ0n) is 11.3. The van der Waals surface area contributed by atoms with E-state index in [1.165, 1.54) is 0 Å². The van der Waals surface area contributed by atoms with Crippen molar-refractivity contribution in [3.63, 3.8) is 0 Å². The molecule has 0 aromatic heterocycles. The first kappa shape index (κ1) is 17.4. The quantitative estimate of drug-likeness (QED) is 0.570. The van der Waals surface area contributed by atoms with Crippen LogP contribution >= 0.6 is 15.9 Å². The maximum absolute atomic E-state index is 13.2. The van der Waals surface area contributed by atoms with Crippen LogP contribution in [0.3, 0.4) is 0 Å². The molecule has 0 bridgehead atoms. The van der Waals surface area contributed by atoms with E-state index in [1.807, 2.05) is 13.8 Å². The van der Waals surface area contributed by atoms with Gasteiger partial charge in [0.05, 0.1) is 16.8 Å². The van der Waals surface area contributed by atoms with E-state index in [1.54, 1.807) is 0 Å². The zero-order chi connectivity index (χ0) is 15.3. The highest BCUT2D eigenvalue weighted by atomic mass is 79.9. The van der Waals surface area contributed by atoms with Gasteiger partial charge in [-0.2, -0.15) is 0 Å². The Morgan fingerprint density at radius 2 is 2.10 bits per heavy atom. The largest absolute Gasteiger partial charge is 0.398 e. The number of hydrogen-bond acceptors (Lipinski definition) is 4. The van der Waals surface area contributed by atoms with E-state index < -0.39 is 15.8 Å². The Hall–Kier alpha value is -0.700. The molecule has 20 heavy (non-hydrogen) atoms. The van der Waals surface area contributed by atoms with Crippen LogP contribution in [-0.4, -0.2) is 28.2 Å². The molecule has 1 aromatic rings. The van der Waals surface area contributed by atoms with Gasteiger partial charge in [0.25, 0.3) is 0 Å². The summed E-state index contributed by atoms with van der Waals surface area (Å²) in [5, 5.41) is 0. The molecule has 0 aliphatic carbocycles. The number of hydrogen-bond donors (Lipinski definition) is 2. The van der Waals surface area contributed by atoms with Gasteiger partial charge in [-0.15, -0.1) is 0 Å². The van der Waals surface area contributed by atoms with Gasteiger partial charge in [-0.1, -0.05) is 13.8 Å². The van der Waals surface area contributed by atoms with Crippen LogP contribution in [0.2, 0.25) is 0 Å². The summed E-state index contributed by atoms with van der Waals surface area (Å²) in [6, 6.07) is 2.11. The molecule has 0 amide bonds. The molecule has 0 unspecified atom stereocenters. The smallest absolute Gasteiger partial charge is 0.242 e. The first-order valence-corrected chi connectivity index (χ1v) is 8.33. The van der Waals surface area contributed by atoms with Crippen molar-refractivity contribution in [1.29, 1.82) is 0 Å². The lowest BCUT2D eigenvalue weighted by atomic mass is 10.2. The van der Waals surface area contributed by atoms with Gasteiger partial charge in [0.15, 0.2) is 0 Å². The molecule has 1 aromatic carbocycles. The molecule has 0 aliphatic heterocycles. The average Bonchev–Trinajstić information content (AvgIpc) is 2.32. The highest BCUT2D eigenvalue weighted by Crippen LogP contribution is 2.25. The second-order valence-corrected chi connectivity index (χ2v) is 7.26. The van der Waals surface area contributed by atoms with Gasteiger partial charge >= 0.3 is 0 Å². The third-order valence-electron chi connectivity index (χ3n) is 2.33. The van der Waals surface area contributed by atoms with E-state index in [0.29, 0.717) is 12.5 Å². The van der Waals surface area contributed by atoms with Crippen LogP contribution in [0.4, 0.5) is 10.1 Å². The molecule has 8 heteroatoms. The molecule has 0 radical (unpaired) electrons. The van der Waals surface area contributed by atoms with Crippen LogP contribution in [0, 0.1) is 11.7 Å². The van der Waals surface area contributed by atoms with Gasteiger partial charge in [-0.3, -0.25) is 0 Å². The highest BCUT2D eigenvalue weighted by molar-refractivity contribution is 9.10. The number of nitrogens with two attached hydrogens (primary N) is 1. The molecule has 0 saturated carbocycles. The van der Waals surface area contributed by atoms with Crippen molar-refractivity contribution in [2.75, 3.05) is 25.5 Å². The summed E-state index contributed by atoms with van der Waals surface area (Å²) in [5.41, 5.74) is 5.40. The lowest BCUT2D eigenvalue weighted by Crippen LogP contribution is -2.28. The summed E-state index contributed by atoms with van der Waals surface area (Å²) in [5.74, 6) is -0.225. The number of nitrogens with one attached hydrogen (secondary N) is 1. The molecule has 0 heterocycles. The Morgan fingerprint density at radius 1 is 1.45 bits per heavy atom. The Bertz CT molecular complexity index is 564. The topological polar surface area (TPSA) is 81.4 Å². The fourth-order valence-electron chi connectivity index (χ4n) is 1.42. The van der Waals surface area contributed by atoms with Crippen molar-refractivity contribution in [3.8, 4) is 0 Å². The van der Waals surface area contributed by atoms with E-state index in [2.05, 4.69) is 20.7 Å². The lowest BCUT2D eigenvalue weighted by Gasteiger charge is -2.11. The summed E-state index contributed by atoms with van der Waals surface area (Å²) in [4.78, 5) is -0.158. The minimum Gasteiger partial charge on any atom is -0.398 e. The number of sulfonamides is 1. The van der Waals surface area contributed by atoms with Crippen molar-refractivity contribution in [3.05, 3.63) is 22.4 Å². The van der Waals surface area contributed by atoms with Crippen molar-refractivity contribution in [2.24, 2.45) is 5.92 Å². The summed E-state index contributed by atoms with van der Waals surface area (Å²) in [7, 11) is -3.78. The van der Waals surface area contributed by atoms with Crippen molar-refractivity contribution >= 4 is 31.6 Å². The van der Waals surface area contributed by atoms with Gasteiger partial charge in [0.2, 0.25) is 10.0 Å². The van der Waals surface area contributed by atoms with Crippen LogP contribution in [0.1, 0.15) is 13.8 Å². The van der Waals surface area contributed by atoms with E-state index in [0.717, 1.165) is 12.1 Å². The number of nitrogen functional groups attached to an aromatic ring is 1. The summed E-state index contributed by atoms with van der Waals surface area (Å²) >= 11 is 2.93. The molecule has 0 fully saturated rings. The fraction of sp³-hybridized carbons (Fsp3) is 0.500. The van der Waals surface area contributed by atoms with Crippen LogP contribution in [-0.2, 0) is 14.8 Å². The van der Waals surface area contributed by atoms with Gasteiger partial charge in [0, 0.05) is 13.2 Å². The Labute approximate surface area is 126 Å². The zero-order valence-corrected chi connectivity index (χ0v) is 13.7. The molecule has 5 nitrogen and oxygen atoms in total. The van der Waals surface area contributed by atoms with Crippen LogP contribution in [0.5, 0.6) is 0 Å². The number of halogens is 2. The average molecular weight is 369 g/mol. The standard InChI is InChI=1S/C12H18BrFN2O3S/c1-8(2)7-19-4-3-16-20(17,18)12-5-9(13)10(14)6-11(12)15/h5-6,8,16H,3-4,7,15H2,1-2H3. The molecule has 1 rings (SSSR count). The van der Waals surface area contributed by atoms with Crippen molar-refractivity contribution in [2.45, 2.75) is 18.7 Å². The predicted octanol–water partition coefficient (Wildman–Crippen LogP) is 2.12. The second-order valence-electron chi connectivity index (χ2n) is 4.67. The van der Waals surface area contributed by atoms with Gasteiger partial charge in [-0.05, 0) is 34.0 Å². The van der Waals surface area contributed by atoms with E-state index in [4.69, 9.17) is 10.5 Å². The molecule has 3 N–H and O–H groups in total. The summed E-state index contributed by atoms with van der Waals surface area (Å²) in [6.07, 6.45) is 0. The first-order chi connectivity index (χ1) is 9.24. The fourth-order valence-corrected chi connectivity index (χ4v) is 3.07. The maximum Gasteiger partial charge on any atom is 0.242 e. The van der Waals surface area contributed by atoms with Crippen molar-refractivity contribution in [1.82, 2.24) is 4.72 Å². The Morgan fingerprint density at radius 3 is 2.70 bits per heavy atom. The SMILES string of the molecule is CC(C)COCCNS(=O)(=O)c1cc(Br)c(F)cc1N. The molecular weight excluding hydrogens is 351 g/mol. The first-order valence-electron chi connectivity index (χ1n) is 6.06. The van der Waals surface area contributed by atoms with Gasteiger partial charge in [0.1, 0.15) is 10.7 Å². The molecule has 0 saturated heterocycles. The number of rotatable bonds is 7. The summed E-state index contributed by atoms with van der Waals surface area (Å²) in [6.45, 7) is 4.96. The van der Waals surface area contributed by atoms with Crippen LogP contribution in [0.25, 0.3) is 0 Å². The van der Waals surface area contributed by atoms with E-state index in [-0.39, 0.29) is 28.2 Å². The molecule has 114 valence electrons. The summed E-state index contributed by atoms with van der Waals surface area (Å²) < 4.78 is 44.9. The maximum atomic E-state index is 13.2. The van der Waals surface area contributed by atoms with E-state index in [9.17, 15) is 12.8 Å². The van der Waals surface area contributed by atoms with Crippen molar-refractivity contribution < 1.29 is 17.5 Å².